The fraction of sp³-hybridized carbons (Fsp3) is 0.472. The van der Waals surface area contributed by atoms with Crippen LogP contribution in [0.1, 0.15) is 69.2 Å². The Balaban J connectivity index is 1.20. The van der Waals surface area contributed by atoms with E-state index in [-0.39, 0.29) is 37.0 Å². The number of ether oxygens (including phenoxy) is 2. The molecule has 1 aliphatic carbocycles. The van der Waals surface area contributed by atoms with E-state index < -0.39 is 6.04 Å². The maximum absolute atomic E-state index is 13.9. The summed E-state index contributed by atoms with van der Waals surface area (Å²) in [4.78, 5) is 36.8. The van der Waals surface area contributed by atoms with Gasteiger partial charge in [-0.1, -0.05) is 23.7 Å². The number of nitrogens with zero attached hydrogens (tertiary/aromatic N) is 5. The summed E-state index contributed by atoms with van der Waals surface area (Å²) in [5.41, 5.74) is 3.52. The lowest BCUT2D eigenvalue weighted by Gasteiger charge is -2.38. The highest BCUT2D eigenvalue weighted by atomic mass is 35.5. The summed E-state index contributed by atoms with van der Waals surface area (Å²) in [6, 6.07) is 15.4. The van der Waals surface area contributed by atoms with Crippen LogP contribution in [0.5, 0.6) is 11.5 Å². The fourth-order valence-corrected chi connectivity index (χ4v) is 7.49. The molecule has 3 aromatic rings. The average Bonchev–Trinajstić information content (AvgIpc) is 3.31. The van der Waals surface area contributed by atoms with Gasteiger partial charge in [0.25, 0.3) is 5.91 Å². The Morgan fingerprint density at radius 1 is 1.02 bits per heavy atom. The van der Waals surface area contributed by atoms with Gasteiger partial charge in [0.05, 0.1) is 44.1 Å². The third kappa shape index (κ3) is 6.77. The number of hydrogen-bond donors (Lipinski definition) is 1. The molecule has 1 aromatic heterocycles. The lowest BCUT2D eigenvalue weighted by atomic mass is 9.85. The zero-order valence-electron chi connectivity index (χ0n) is 27.7. The molecule has 0 spiro atoms. The molecule has 0 bridgehead atoms. The normalized spacial score (nSPS) is 23.3. The lowest BCUT2D eigenvalue weighted by Crippen LogP contribution is -2.44. The van der Waals surface area contributed by atoms with E-state index in [1.54, 1.807) is 13.3 Å². The van der Waals surface area contributed by atoms with Crippen molar-refractivity contribution < 1.29 is 24.3 Å². The van der Waals surface area contributed by atoms with Gasteiger partial charge in [0.1, 0.15) is 12.0 Å². The maximum Gasteiger partial charge on any atom is 0.261 e. The standard InChI is InChI=1S/C36H44ClN5O5/c1-22(2)47-32-18-30-26(16-31(32)46-5)17-34(43)41(36(30)25-8-10-27(37)11-9-25)29-14-15-33(38-19-29)39(4)20-24-6-12-28(13-7-24)40-21-35(44)42(45)23(40)3/h8-11,14-16,18-19,22-24,28,36,45H,6-7,12-13,17,20-21H2,1-5H3/t23?,24-,28-,36-/m0/s1. The smallest absolute Gasteiger partial charge is 0.261 e. The molecule has 2 atom stereocenters. The van der Waals surface area contributed by atoms with Crippen molar-refractivity contribution in [3.05, 3.63) is 76.4 Å². The topological polar surface area (TPSA) is 98.7 Å². The molecule has 2 aliphatic heterocycles. The van der Waals surface area contributed by atoms with Gasteiger partial charge in [-0.05, 0) is 105 Å². The average molecular weight is 662 g/mol. The monoisotopic (exact) mass is 661 g/mol. The minimum Gasteiger partial charge on any atom is -0.493 e. The molecule has 2 fully saturated rings. The van der Waals surface area contributed by atoms with Crippen molar-refractivity contribution in [1.29, 1.82) is 0 Å². The molecule has 2 amide bonds. The Bertz CT molecular complexity index is 1590. The van der Waals surface area contributed by atoms with Gasteiger partial charge in [-0.15, -0.1) is 0 Å². The Morgan fingerprint density at radius 2 is 1.74 bits per heavy atom. The molecule has 1 N–H and O–H groups in total. The number of halogens is 1. The quantitative estimate of drug-likeness (QED) is 0.276. The fourth-order valence-electron chi connectivity index (χ4n) is 7.36. The highest BCUT2D eigenvalue weighted by Crippen LogP contribution is 2.44. The number of hydrogen-bond acceptors (Lipinski definition) is 8. The van der Waals surface area contributed by atoms with Gasteiger partial charge in [0, 0.05) is 24.7 Å². The highest BCUT2D eigenvalue weighted by Gasteiger charge is 2.40. The summed E-state index contributed by atoms with van der Waals surface area (Å²) in [6.07, 6.45) is 5.79. The maximum atomic E-state index is 13.9. The zero-order valence-corrected chi connectivity index (χ0v) is 28.5. The third-order valence-electron chi connectivity index (χ3n) is 9.76. The van der Waals surface area contributed by atoms with E-state index in [1.165, 1.54) is 0 Å². The predicted molar refractivity (Wildman–Crippen MR) is 181 cm³/mol. The molecule has 1 saturated heterocycles. The van der Waals surface area contributed by atoms with Gasteiger partial charge < -0.3 is 14.4 Å². The van der Waals surface area contributed by atoms with Crippen LogP contribution in [0.15, 0.2) is 54.7 Å². The van der Waals surface area contributed by atoms with Gasteiger partial charge >= 0.3 is 0 Å². The number of carbonyl (C=O) groups is 2. The summed E-state index contributed by atoms with van der Waals surface area (Å²) >= 11 is 6.27. The van der Waals surface area contributed by atoms with E-state index in [1.807, 2.05) is 74.2 Å². The number of aromatic nitrogens is 1. The third-order valence-corrected chi connectivity index (χ3v) is 10.0. The second kappa shape index (κ2) is 13.7. The minimum atomic E-state index is -0.406. The van der Waals surface area contributed by atoms with Crippen molar-refractivity contribution in [3.63, 3.8) is 0 Å². The van der Waals surface area contributed by atoms with Crippen molar-refractivity contribution >= 4 is 34.9 Å². The van der Waals surface area contributed by atoms with E-state index in [0.717, 1.165) is 59.8 Å². The van der Waals surface area contributed by atoms with Crippen LogP contribution in [-0.4, -0.2) is 77.5 Å². The lowest BCUT2D eigenvalue weighted by molar-refractivity contribution is -0.168. The number of rotatable bonds is 9. The van der Waals surface area contributed by atoms with Gasteiger partial charge in [-0.3, -0.25) is 24.6 Å². The number of hydroxylamine groups is 2. The molecule has 1 unspecified atom stereocenters. The van der Waals surface area contributed by atoms with Crippen LogP contribution < -0.4 is 19.3 Å². The zero-order chi connectivity index (χ0) is 33.4. The van der Waals surface area contributed by atoms with Gasteiger partial charge in [0.2, 0.25) is 5.91 Å². The molecule has 6 rings (SSSR count). The number of amides is 2. The van der Waals surface area contributed by atoms with Crippen LogP contribution in [0.4, 0.5) is 11.5 Å². The Labute approximate surface area is 281 Å². The second-order valence-corrected chi connectivity index (χ2v) is 13.7. The SMILES string of the molecule is COc1cc2c(cc1OC(C)C)[C@H](c1ccc(Cl)cc1)N(c1ccc(N(C)C[C@H]3CC[C@H](N4CC(=O)N(O)C4C)CC3)nc1)C(=O)C2. The van der Waals surface area contributed by atoms with E-state index in [2.05, 4.69) is 16.8 Å². The van der Waals surface area contributed by atoms with Gasteiger partial charge in [-0.25, -0.2) is 10.0 Å². The minimum absolute atomic E-state index is 0.0324. The van der Waals surface area contributed by atoms with Crippen LogP contribution in [0.3, 0.4) is 0 Å². The van der Waals surface area contributed by atoms with Gasteiger partial charge in [0.15, 0.2) is 11.5 Å². The summed E-state index contributed by atoms with van der Waals surface area (Å²) in [6.45, 7) is 6.98. The van der Waals surface area contributed by atoms with Crippen LogP contribution in [0, 0.1) is 5.92 Å². The number of anilines is 2. The Morgan fingerprint density at radius 3 is 2.34 bits per heavy atom. The highest BCUT2D eigenvalue weighted by molar-refractivity contribution is 6.30. The first-order chi connectivity index (χ1) is 22.5. The van der Waals surface area contributed by atoms with Crippen molar-refractivity contribution in [2.75, 3.05) is 37.0 Å². The molecule has 47 heavy (non-hydrogen) atoms. The number of fused-ring (bicyclic) bond motifs is 1. The van der Waals surface area contributed by atoms with Gasteiger partial charge in [-0.2, -0.15) is 0 Å². The molecular weight excluding hydrogens is 618 g/mol. The molecule has 1 saturated carbocycles. The first-order valence-electron chi connectivity index (χ1n) is 16.4. The number of pyridine rings is 1. The first kappa shape index (κ1) is 33.1. The van der Waals surface area contributed by atoms with E-state index in [0.29, 0.717) is 34.2 Å². The predicted octanol–water partition coefficient (Wildman–Crippen LogP) is 6.08. The van der Waals surface area contributed by atoms with Crippen molar-refractivity contribution in [1.82, 2.24) is 14.9 Å². The second-order valence-electron chi connectivity index (χ2n) is 13.2. The van der Waals surface area contributed by atoms with Crippen molar-refractivity contribution in [2.24, 2.45) is 5.92 Å². The van der Waals surface area contributed by atoms with E-state index >= 15 is 0 Å². The van der Waals surface area contributed by atoms with Crippen molar-refractivity contribution in [2.45, 2.75) is 77.2 Å². The largest absolute Gasteiger partial charge is 0.493 e. The number of benzene rings is 2. The van der Waals surface area contributed by atoms with Crippen molar-refractivity contribution in [3.8, 4) is 11.5 Å². The molecular formula is C36H44ClN5O5. The van der Waals surface area contributed by atoms with Crippen LogP contribution in [-0.2, 0) is 16.0 Å². The first-order valence-corrected chi connectivity index (χ1v) is 16.8. The molecule has 2 aromatic carbocycles. The molecule has 3 aliphatic rings. The molecule has 3 heterocycles. The number of carbonyl (C=O) groups excluding carboxylic acids is 2. The van der Waals surface area contributed by atoms with Crippen LogP contribution in [0.25, 0.3) is 0 Å². The van der Waals surface area contributed by atoms with E-state index in [4.69, 9.17) is 26.1 Å². The summed E-state index contributed by atoms with van der Waals surface area (Å²) < 4.78 is 11.8. The van der Waals surface area contributed by atoms with E-state index in [9.17, 15) is 14.8 Å². The summed E-state index contributed by atoms with van der Waals surface area (Å²) in [5, 5.41) is 11.4. The number of methoxy groups -OCH3 is 1. The molecule has 10 nitrogen and oxygen atoms in total. The molecule has 0 radical (unpaired) electrons. The Kier molecular flexibility index (Phi) is 9.64. The van der Waals surface area contributed by atoms with Crippen LogP contribution in [0.2, 0.25) is 5.02 Å². The molecule has 250 valence electrons. The Hall–Kier alpha value is -3.86. The summed E-state index contributed by atoms with van der Waals surface area (Å²) in [7, 11) is 3.67. The van der Waals surface area contributed by atoms with Crippen LogP contribution >= 0.6 is 11.6 Å². The summed E-state index contributed by atoms with van der Waals surface area (Å²) in [5.74, 6) is 2.33. The molecule has 11 heteroatoms.